The second-order valence-corrected chi connectivity index (χ2v) is 5.65. The van der Waals surface area contributed by atoms with Crippen molar-refractivity contribution in [3.63, 3.8) is 0 Å². The van der Waals surface area contributed by atoms with Gasteiger partial charge in [0.2, 0.25) is 12.7 Å². The van der Waals surface area contributed by atoms with Gasteiger partial charge in [-0.2, -0.15) is 0 Å². The first kappa shape index (κ1) is 14.4. The van der Waals surface area contributed by atoms with Crippen LogP contribution < -0.4 is 14.8 Å². The molecule has 1 aliphatic rings. The van der Waals surface area contributed by atoms with E-state index in [2.05, 4.69) is 5.32 Å². The Morgan fingerprint density at radius 3 is 2.50 bits per heavy atom. The number of nitrogens with one attached hydrogen (secondary N) is 1. The fourth-order valence-corrected chi connectivity index (χ4v) is 2.24. The Labute approximate surface area is 127 Å². The van der Waals surface area contributed by atoms with Crippen molar-refractivity contribution in [3.05, 3.63) is 53.8 Å². The van der Waals surface area contributed by atoms with Crippen molar-refractivity contribution >= 4 is 11.6 Å². The first-order valence-corrected chi connectivity index (χ1v) is 6.94. The molecule has 0 atom stereocenters. The Hall–Kier alpha value is -2.56. The smallest absolute Gasteiger partial charge is 0.234 e. The van der Waals surface area contributed by atoms with Gasteiger partial charge >= 0.3 is 0 Å². The molecule has 4 nitrogen and oxygen atoms in total. The molecule has 0 aliphatic carbocycles. The largest absolute Gasteiger partial charge is 0.454 e. The van der Waals surface area contributed by atoms with E-state index >= 15 is 0 Å². The fraction of sp³-hybridized carbons (Fsp3) is 0.235. The minimum Gasteiger partial charge on any atom is -0.454 e. The predicted molar refractivity (Wildman–Crippen MR) is 80.6 cm³/mol. The molecule has 22 heavy (non-hydrogen) atoms. The van der Waals surface area contributed by atoms with Crippen molar-refractivity contribution in [2.75, 3.05) is 12.1 Å². The third-order valence-corrected chi connectivity index (χ3v) is 3.76. The Balaban J connectivity index is 1.82. The summed E-state index contributed by atoms with van der Waals surface area (Å²) in [6.45, 7) is 3.84. The van der Waals surface area contributed by atoms with Crippen LogP contribution in [0.2, 0.25) is 0 Å². The molecule has 114 valence electrons. The third kappa shape index (κ3) is 2.62. The van der Waals surface area contributed by atoms with Gasteiger partial charge in [0.15, 0.2) is 11.5 Å². The van der Waals surface area contributed by atoms with Crippen molar-refractivity contribution in [1.29, 1.82) is 0 Å². The zero-order valence-corrected chi connectivity index (χ0v) is 12.4. The Morgan fingerprint density at radius 1 is 1.09 bits per heavy atom. The van der Waals surface area contributed by atoms with Crippen molar-refractivity contribution in [2.45, 2.75) is 19.3 Å². The van der Waals surface area contributed by atoms with E-state index in [-0.39, 0.29) is 18.5 Å². The summed E-state index contributed by atoms with van der Waals surface area (Å²) < 4.78 is 23.5. The van der Waals surface area contributed by atoms with E-state index in [1.54, 1.807) is 6.07 Å². The standard InChI is InChI=1S/C17H16FNO3/c1-17(2,11-3-8-14-15(9-11)22-10-21-14)16(20)19-13-6-4-12(18)5-7-13/h3-9H,10H2,1-2H3,(H,19,20). The van der Waals surface area contributed by atoms with E-state index in [0.29, 0.717) is 17.2 Å². The van der Waals surface area contributed by atoms with E-state index in [1.807, 2.05) is 26.0 Å². The van der Waals surface area contributed by atoms with Crippen molar-refractivity contribution in [2.24, 2.45) is 0 Å². The molecule has 0 radical (unpaired) electrons. The summed E-state index contributed by atoms with van der Waals surface area (Å²) in [7, 11) is 0. The van der Waals surface area contributed by atoms with Crippen LogP contribution in [0, 0.1) is 5.82 Å². The van der Waals surface area contributed by atoms with E-state index in [9.17, 15) is 9.18 Å². The molecule has 3 rings (SSSR count). The van der Waals surface area contributed by atoms with Gasteiger partial charge in [0, 0.05) is 5.69 Å². The van der Waals surface area contributed by atoms with Gasteiger partial charge in [-0.05, 0) is 55.8 Å². The number of carbonyl (C=O) groups is 1. The van der Waals surface area contributed by atoms with Crippen molar-refractivity contribution in [3.8, 4) is 11.5 Å². The quantitative estimate of drug-likeness (QED) is 0.944. The Kier molecular flexibility index (Phi) is 3.48. The van der Waals surface area contributed by atoms with Gasteiger partial charge < -0.3 is 14.8 Å². The van der Waals surface area contributed by atoms with E-state index in [4.69, 9.17) is 9.47 Å². The lowest BCUT2D eigenvalue weighted by atomic mass is 9.83. The van der Waals surface area contributed by atoms with Crippen LogP contribution in [-0.2, 0) is 10.2 Å². The molecule has 0 unspecified atom stereocenters. The summed E-state index contributed by atoms with van der Waals surface area (Å²) in [4.78, 5) is 12.5. The minimum absolute atomic E-state index is 0.182. The van der Waals surface area contributed by atoms with Gasteiger partial charge in [0.25, 0.3) is 0 Å². The van der Waals surface area contributed by atoms with Gasteiger partial charge in [0.1, 0.15) is 5.82 Å². The molecule has 0 saturated carbocycles. The highest BCUT2D eigenvalue weighted by Gasteiger charge is 2.31. The number of rotatable bonds is 3. The van der Waals surface area contributed by atoms with Crippen LogP contribution in [0.5, 0.6) is 11.5 Å². The molecule has 0 aromatic heterocycles. The number of fused-ring (bicyclic) bond motifs is 1. The van der Waals surface area contributed by atoms with Crippen molar-refractivity contribution < 1.29 is 18.7 Å². The van der Waals surface area contributed by atoms with Gasteiger partial charge in [-0.25, -0.2) is 4.39 Å². The summed E-state index contributed by atoms with van der Waals surface area (Å²) in [6.07, 6.45) is 0. The highest BCUT2D eigenvalue weighted by atomic mass is 19.1. The molecule has 0 fully saturated rings. The zero-order chi connectivity index (χ0) is 15.7. The average molecular weight is 301 g/mol. The molecule has 0 saturated heterocycles. The number of halogens is 1. The van der Waals surface area contributed by atoms with Crippen LogP contribution in [-0.4, -0.2) is 12.7 Å². The number of ether oxygens (including phenoxy) is 2. The van der Waals surface area contributed by atoms with E-state index in [1.165, 1.54) is 24.3 Å². The van der Waals surface area contributed by atoms with Gasteiger partial charge in [0.05, 0.1) is 5.41 Å². The predicted octanol–water partition coefficient (Wildman–Crippen LogP) is 3.47. The van der Waals surface area contributed by atoms with Crippen molar-refractivity contribution in [1.82, 2.24) is 0 Å². The second-order valence-electron chi connectivity index (χ2n) is 5.65. The van der Waals surface area contributed by atoms with Crippen LogP contribution in [0.25, 0.3) is 0 Å². The maximum atomic E-state index is 12.9. The van der Waals surface area contributed by atoms with E-state index in [0.717, 1.165) is 5.56 Å². The van der Waals surface area contributed by atoms with Crippen LogP contribution in [0.1, 0.15) is 19.4 Å². The topological polar surface area (TPSA) is 47.6 Å². The monoisotopic (exact) mass is 301 g/mol. The summed E-state index contributed by atoms with van der Waals surface area (Å²) in [5, 5.41) is 2.80. The Morgan fingerprint density at radius 2 is 1.77 bits per heavy atom. The van der Waals surface area contributed by atoms with Gasteiger partial charge in [-0.1, -0.05) is 6.07 Å². The molecule has 0 spiro atoms. The highest BCUT2D eigenvalue weighted by molar-refractivity contribution is 5.98. The molecule has 1 N–H and O–H groups in total. The lowest BCUT2D eigenvalue weighted by Gasteiger charge is -2.24. The first-order valence-electron chi connectivity index (χ1n) is 6.94. The summed E-state index contributed by atoms with van der Waals surface area (Å²) >= 11 is 0. The summed E-state index contributed by atoms with van der Waals surface area (Å²) in [5.41, 5.74) is 0.603. The average Bonchev–Trinajstić information content (AvgIpc) is 2.97. The van der Waals surface area contributed by atoms with Gasteiger partial charge in [-0.3, -0.25) is 4.79 Å². The van der Waals surface area contributed by atoms with Crippen LogP contribution in [0.3, 0.4) is 0 Å². The number of benzene rings is 2. The minimum atomic E-state index is -0.768. The second kappa shape index (κ2) is 5.33. The maximum absolute atomic E-state index is 12.9. The number of carbonyl (C=O) groups excluding carboxylic acids is 1. The lowest BCUT2D eigenvalue weighted by molar-refractivity contribution is -0.120. The molecular weight excluding hydrogens is 285 g/mol. The number of hydrogen-bond acceptors (Lipinski definition) is 3. The van der Waals surface area contributed by atoms with Gasteiger partial charge in [-0.15, -0.1) is 0 Å². The normalized spacial score (nSPS) is 13.0. The molecule has 5 heteroatoms. The number of anilines is 1. The van der Waals surface area contributed by atoms with E-state index < -0.39 is 5.41 Å². The lowest BCUT2D eigenvalue weighted by Crippen LogP contribution is -2.34. The molecule has 2 aromatic carbocycles. The molecular formula is C17H16FNO3. The number of amides is 1. The Bertz CT molecular complexity index is 710. The van der Waals surface area contributed by atoms with Crippen LogP contribution in [0.15, 0.2) is 42.5 Å². The first-order chi connectivity index (χ1) is 10.5. The fourth-order valence-electron chi connectivity index (χ4n) is 2.24. The molecule has 1 amide bonds. The maximum Gasteiger partial charge on any atom is 0.234 e. The molecule has 2 aromatic rings. The summed E-state index contributed by atoms with van der Waals surface area (Å²) in [5.74, 6) is 0.796. The van der Waals surface area contributed by atoms with Crippen LogP contribution >= 0.6 is 0 Å². The SMILES string of the molecule is CC(C)(C(=O)Nc1ccc(F)cc1)c1ccc2c(c1)OCO2. The third-order valence-electron chi connectivity index (χ3n) is 3.76. The molecule has 1 heterocycles. The summed E-state index contributed by atoms with van der Waals surface area (Å²) in [6, 6.07) is 11.1. The highest BCUT2D eigenvalue weighted by Crippen LogP contribution is 2.36. The molecule has 0 bridgehead atoms. The molecule has 1 aliphatic heterocycles. The van der Waals surface area contributed by atoms with Crippen LogP contribution in [0.4, 0.5) is 10.1 Å². The zero-order valence-electron chi connectivity index (χ0n) is 12.4. The number of hydrogen-bond donors (Lipinski definition) is 1.